The van der Waals surface area contributed by atoms with Crippen molar-refractivity contribution >= 4 is 5.97 Å². The van der Waals surface area contributed by atoms with Crippen molar-refractivity contribution < 1.29 is 18.8 Å². The quantitative estimate of drug-likeness (QED) is 0.842. The summed E-state index contributed by atoms with van der Waals surface area (Å²) in [6, 6.07) is 6.78. The lowest BCUT2D eigenvalue weighted by molar-refractivity contribution is 0.0600. The van der Waals surface area contributed by atoms with E-state index in [1.165, 1.54) is 7.11 Å². The fourth-order valence-corrected chi connectivity index (χ4v) is 2.75. The number of esters is 1. The van der Waals surface area contributed by atoms with Crippen molar-refractivity contribution in [3.8, 4) is 5.75 Å². The predicted molar refractivity (Wildman–Crippen MR) is 85.6 cm³/mol. The van der Waals surface area contributed by atoms with Crippen LogP contribution in [0.25, 0.3) is 0 Å². The van der Waals surface area contributed by atoms with Gasteiger partial charge in [0.05, 0.1) is 18.2 Å². The van der Waals surface area contributed by atoms with E-state index >= 15 is 0 Å². The van der Waals surface area contributed by atoms with Gasteiger partial charge < -0.3 is 19.3 Å². The zero-order chi connectivity index (χ0) is 17.0. The van der Waals surface area contributed by atoms with Crippen molar-refractivity contribution in [1.29, 1.82) is 0 Å². The van der Waals surface area contributed by atoms with E-state index in [1.807, 2.05) is 0 Å². The SMILES string of the molecule is COC(=O)c1cccc(OCc2noc(C3(C)CCCCN3)n2)c1. The molecule has 7 heteroatoms. The van der Waals surface area contributed by atoms with Crippen molar-refractivity contribution in [2.24, 2.45) is 0 Å². The number of ether oxygens (including phenoxy) is 2. The van der Waals surface area contributed by atoms with Gasteiger partial charge in [-0.15, -0.1) is 0 Å². The van der Waals surface area contributed by atoms with Crippen LogP contribution in [-0.2, 0) is 16.9 Å². The Kier molecular flexibility index (Phi) is 4.80. The highest BCUT2D eigenvalue weighted by Crippen LogP contribution is 2.28. The van der Waals surface area contributed by atoms with Crippen molar-refractivity contribution in [3.63, 3.8) is 0 Å². The van der Waals surface area contributed by atoms with Crippen LogP contribution in [0.1, 0.15) is 48.3 Å². The number of nitrogens with one attached hydrogen (secondary N) is 1. The Morgan fingerprint density at radius 3 is 3.04 bits per heavy atom. The molecule has 0 radical (unpaired) electrons. The van der Waals surface area contributed by atoms with Crippen LogP contribution in [0.15, 0.2) is 28.8 Å². The molecule has 7 nitrogen and oxygen atoms in total. The average molecular weight is 331 g/mol. The number of nitrogens with zero attached hydrogens (tertiary/aromatic N) is 2. The molecule has 0 bridgehead atoms. The molecule has 0 spiro atoms. The van der Waals surface area contributed by atoms with Gasteiger partial charge in [0, 0.05) is 0 Å². The molecular weight excluding hydrogens is 310 g/mol. The van der Waals surface area contributed by atoms with Crippen LogP contribution in [0, 0.1) is 0 Å². The van der Waals surface area contributed by atoms with Gasteiger partial charge in [-0.2, -0.15) is 4.98 Å². The van der Waals surface area contributed by atoms with E-state index in [1.54, 1.807) is 24.3 Å². The molecule has 1 unspecified atom stereocenters. The molecule has 2 heterocycles. The summed E-state index contributed by atoms with van der Waals surface area (Å²) in [4.78, 5) is 16.0. The van der Waals surface area contributed by atoms with Crippen LogP contribution in [-0.4, -0.2) is 29.8 Å². The number of rotatable bonds is 5. The normalized spacial score (nSPS) is 20.6. The molecule has 1 aliphatic heterocycles. The van der Waals surface area contributed by atoms with E-state index in [9.17, 15) is 4.79 Å². The molecule has 1 aromatic carbocycles. The number of methoxy groups -OCH3 is 1. The van der Waals surface area contributed by atoms with Crippen LogP contribution < -0.4 is 10.1 Å². The molecule has 1 atom stereocenters. The Labute approximate surface area is 140 Å². The summed E-state index contributed by atoms with van der Waals surface area (Å²) in [6.07, 6.45) is 3.27. The average Bonchev–Trinajstić information content (AvgIpc) is 3.10. The molecule has 3 rings (SSSR count). The summed E-state index contributed by atoms with van der Waals surface area (Å²) >= 11 is 0. The first-order chi connectivity index (χ1) is 11.6. The van der Waals surface area contributed by atoms with Gasteiger partial charge >= 0.3 is 5.97 Å². The van der Waals surface area contributed by atoms with Gasteiger partial charge in [0.2, 0.25) is 11.7 Å². The van der Waals surface area contributed by atoms with Crippen LogP contribution in [0.2, 0.25) is 0 Å². The van der Waals surface area contributed by atoms with E-state index in [4.69, 9.17) is 14.0 Å². The van der Waals surface area contributed by atoms with Crippen LogP contribution >= 0.6 is 0 Å². The lowest BCUT2D eigenvalue weighted by Gasteiger charge is -2.31. The highest BCUT2D eigenvalue weighted by atomic mass is 16.5. The zero-order valence-electron chi connectivity index (χ0n) is 13.9. The van der Waals surface area contributed by atoms with Crippen molar-refractivity contribution in [2.75, 3.05) is 13.7 Å². The Morgan fingerprint density at radius 1 is 1.42 bits per heavy atom. The molecule has 1 aromatic heterocycles. The number of carbonyl (C=O) groups is 1. The maximum Gasteiger partial charge on any atom is 0.337 e. The van der Waals surface area contributed by atoms with Crippen molar-refractivity contribution in [3.05, 3.63) is 41.5 Å². The van der Waals surface area contributed by atoms with Gasteiger partial charge in [0.1, 0.15) is 5.75 Å². The van der Waals surface area contributed by atoms with Gasteiger partial charge in [0.25, 0.3) is 0 Å². The van der Waals surface area contributed by atoms with Gasteiger partial charge in [-0.25, -0.2) is 4.79 Å². The third-order valence-electron chi connectivity index (χ3n) is 4.18. The molecule has 0 aliphatic carbocycles. The highest BCUT2D eigenvalue weighted by Gasteiger charge is 2.34. The first kappa shape index (κ1) is 16.4. The Hall–Kier alpha value is -2.41. The van der Waals surface area contributed by atoms with Crippen LogP contribution in [0.4, 0.5) is 0 Å². The van der Waals surface area contributed by atoms with E-state index < -0.39 is 5.97 Å². The lowest BCUT2D eigenvalue weighted by Crippen LogP contribution is -2.43. The molecule has 128 valence electrons. The second kappa shape index (κ2) is 7.00. The fourth-order valence-electron chi connectivity index (χ4n) is 2.75. The summed E-state index contributed by atoms with van der Waals surface area (Å²) < 4.78 is 15.7. The molecule has 1 aliphatic rings. The number of hydrogen-bond acceptors (Lipinski definition) is 7. The predicted octanol–water partition coefficient (Wildman–Crippen LogP) is 2.42. The summed E-state index contributed by atoms with van der Waals surface area (Å²) in [6.45, 7) is 3.19. The smallest absolute Gasteiger partial charge is 0.337 e. The minimum atomic E-state index is -0.404. The molecule has 0 amide bonds. The molecule has 2 aromatic rings. The second-order valence-electron chi connectivity index (χ2n) is 6.04. The summed E-state index contributed by atoms with van der Waals surface area (Å²) in [5.74, 6) is 1.20. The third kappa shape index (κ3) is 3.56. The second-order valence-corrected chi connectivity index (χ2v) is 6.04. The first-order valence-corrected chi connectivity index (χ1v) is 8.00. The van der Waals surface area contributed by atoms with E-state index in [0.717, 1.165) is 25.8 Å². The molecule has 1 saturated heterocycles. The molecule has 1 fully saturated rings. The van der Waals surface area contributed by atoms with Crippen molar-refractivity contribution in [2.45, 2.75) is 38.3 Å². The maximum atomic E-state index is 11.5. The number of piperidine rings is 1. The standard InChI is InChI=1S/C17H21N3O4/c1-17(8-3-4-9-18-17)16-19-14(20-24-16)11-23-13-7-5-6-12(10-13)15(21)22-2/h5-7,10,18H,3-4,8-9,11H2,1-2H3. The van der Waals surface area contributed by atoms with Gasteiger partial charge in [-0.05, 0) is 50.9 Å². The van der Waals surface area contributed by atoms with Gasteiger partial charge in [-0.1, -0.05) is 11.2 Å². The van der Waals surface area contributed by atoms with Crippen LogP contribution in [0.5, 0.6) is 5.75 Å². The molecule has 1 N–H and O–H groups in total. The monoisotopic (exact) mass is 331 g/mol. The number of benzene rings is 1. The summed E-state index contributed by atoms with van der Waals surface area (Å²) in [5.41, 5.74) is 0.164. The number of hydrogen-bond donors (Lipinski definition) is 1. The summed E-state index contributed by atoms with van der Waals surface area (Å²) in [7, 11) is 1.34. The fraction of sp³-hybridized carbons (Fsp3) is 0.471. The topological polar surface area (TPSA) is 86.5 Å². The molecule has 24 heavy (non-hydrogen) atoms. The highest BCUT2D eigenvalue weighted by molar-refractivity contribution is 5.89. The Balaban J connectivity index is 1.64. The first-order valence-electron chi connectivity index (χ1n) is 8.00. The number of aromatic nitrogens is 2. The number of carbonyl (C=O) groups excluding carboxylic acids is 1. The largest absolute Gasteiger partial charge is 0.485 e. The van der Waals surface area contributed by atoms with Gasteiger partial charge in [0.15, 0.2) is 6.61 Å². The molecular formula is C17H21N3O4. The van der Waals surface area contributed by atoms with Crippen molar-refractivity contribution in [1.82, 2.24) is 15.5 Å². The minimum absolute atomic E-state index is 0.171. The maximum absolute atomic E-state index is 11.5. The van der Waals surface area contributed by atoms with E-state index in [-0.39, 0.29) is 12.1 Å². The Morgan fingerprint density at radius 2 is 2.29 bits per heavy atom. The lowest BCUT2D eigenvalue weighted by atomic mass is 9.91. The zero-order valence-corrected chi connectivity index (χ0v) is 13.9. The van der Waals surface area contributed by atoms with E-state index in [0.29, 0.717) is 23.0 Å². The van der Waals surface area contributed by atoms with Crippen LogP contribution in [0.3, 0.4) is 0 Å². The van der Waals surface area contributed by atoms with E-state index in [2.05, 4.69) is 22.4 Å². The molecule has 0 saturated carbocycles. The minimum Gasteiger partial charge on any atom is -0.485 e. The summed E-state index contributed by atoms with van der Waals surface area (Å²) in [5, 5.41) is 7.42. The Bertz CT molecular complexity index is 707. The third-order valence-corrected chi connectivity index (χ3v) is 4.18. The van der Waals surface area contributed by atoms with Gasteiger partial charge in [-0.3, -0.25) is 0 Å².